The predicted molar refractivity (Wildman–Crippen MR) is 114 cm³/mol. The number of anilines is 1. The topological polar surface area (TPSA) is 93.8 Å². The Balaban J connectivity index is 1.49. The monoisotopic (exact) mass is 437 g/mol. The molecule has 1 amide bonds. The molecule has 0 aliphatic heterocycles. The number of carbonyl (C=O) groups excluding carboxylic acids is 1. The van der Waals surface area contributed by atoms with E-state index in [1.807, 2.05) is 24.3 Å². The molecule has 4 aromatic rings. The lowest BCUT2D eigenvalue weighted by Gasteiger charge is -2.11. The molecule has 2 aromatic heterocycles. The van der Waals surface area contributed by atoms with E-state index in [4.69, 9.17) is 5.73 Å². The largest absolute Gasteiger partial charge is 0.417 e. The molecule has 2 heterocycles. The Morgan fingerprint density at radius 3 is 2.47 bits per heavy atom. The number of carbonyl (C=O) groups is 1. The second-order valence-electron chi connectivity index (χ2n) is 7.17. The van der Waals surface area contributed by atoms with Gasteiger partial charge in [-0.2, -0.15) is 13.2 Å². The molecule has 0 radical (unpaired) electrons. The quantitative estimate of drug-likeness (QED) is 0.468. The second-order valence-corrected chi connectivity index (χ2v) is 7.17. The summed E-state index contributed by atoms with van der Waals surface area (Å²) in [6.07, 6.45) is -1.78. The zero-order valence-electron chi connectivity index (χ0n) is 16.7. The number of aromatic nitrogens is 3. The summed E-state index contributed by atoms with van der Waals surface area (Å²) in [5, 5.41) is 3.92. The zero-order chi connectivity index (χ0) is 22.7. The molecule has 0 saturated carbocycles. The Kier molecular flexibility index (Phi) is 5.72. The van der Waals surface area contributed by atoms with Gasteiger partial charge in [0.15, 0.2) is 0 Å². The van der Waals surface area contributed by atoms with E-state index in [1.165, 1.54) is 12.4 Å². The van der Waals surface area contributed by atoms with E-state index < -0.39 is 17.6 Å². The van der Waals surface area contributed by atoms with Crippen molar-refractivity contribution in [1.29, 1.82) is 0 Å². The Labute approximate surface area is 181 Å². The molecule has 9 heteroatoms. The van der Waals surface area contributed by atoms with E-state index in [1.54, 1.807) is 18.2 Å². The van der Waals surface area contributed by atoms with Crippen LogP contribution < -0.4 is 11.1 Å². The standard InChI is InChI=1S/C23H18F3N5O/c24-23(25,26)16-7-8-17(28-12-16)10-14-3-1-4-15(9-14)11-29-22-19-6-2-5-18(21(27)32)20(19)30-13-31-22/h1-9,12-13H,10-11H2,(H2,27,32)(H,29,30,31). The number of fused-ring (bicyclic) bond motifs is 1. The molecule has 0 spiro atoms. The Morgan fingerprint density at radius 2 is 1.75 bits per heavy atom. The summed E-state index contributed by atoms with van der Waals surface area (Å²) in [5.41, 5.74) is 7.86. The van der Waals surface area contributed by atoms with Gasteiger partial charge in [0.1, 0.15) is 12.1 Å². The van der Waals surface area contributed by atoms with Crippen LogP contribution >= 0.6 is 0 Å². The molecular weight excluding hydrogens is 419 g/mol. The predicted octanol–water partition coefficient (Wildman–Crippen LogP) is 4.35. The summed E-state index contributed by atoms with van der Waals surface area (Å²) in [6, 6.07) is 15.2. The van der Waals surface area contributed by atoms with Gasteiger partial charge < -0.3 is 11.1 Å². The minimum absolute atomic E-state index is 0.319. The summed E-state index contributed by atoms with van der Waals surface area (Å²) < 4.78 is 38.1. The first kappa shape index (κ1) is 21.2. The normalized spacial score (nSPS) is 11.5. The smallest absolute Gasteiger partial charge is 0.366 e. The lowest BCUT2D eigenvalue weighted by Crippen LogP contribution is -2.12. The van der Waals surface area contributed by atoms with Crippen molar-refractivity contribution in [2.45, 2.75) is 19.1 Å². The summed E-state index contributed by atoms with van der Waals surface area (Å²) in [6.45, 7) is 0.446. The molecule has 0 saturated heterocycles. The van der Waals surface area contributed by atoms with Crippen LogP contribution in [0.15, 0.2) is 67.1 Å². The van der Waals surface area contributed by atoms with Crippen LogP contribution in [0.1, 0.15) is 32.7 Å². The van der Waals surface area contributed by atoms with Gasteiger partial charge in [-0.05, 0) is 35.4 Å². The lowest BCUT2D eigenvalue weighted by atomic mass is 10.1. The number of alkyl halides is 3. The maximum atomic E-state index is 12.7. The van der Waals surface area contributed by atoms with Gasteiger partial charge in [0.25, 0.3) is 5.91 Å². The van der Waals surface area contributed by atoms with Gasteiger partial charge in [0.05, 0.1) is 16.6 Å². The molecule has 32 heavy (non-hydrogen) atoms. The first-order chi connectivity index (χ1) is 15.3. The van der Waals surface area contributed by atoms with Crippen molar-refractivity contribution in [2.75, 3.05) is 5.32 Å². The number of amides is 1. The van der Waals surface area contributed by atoms with Gasteiger partial charge in [0.2, 0.25) is 0 Å². The molecule has 6 nitrogen and oxygen atoms in total. The number of hydrogen-bond acceptors (Lipinski definition) is 5. The number of primary amides is 1. The number of halogens is 3. The zero-order valence-corrected chi connectivity index (χ0v) is 16.7. The van der Waals surface area contributed by atoms with Crippen molar-refractivity contribution >= 4 is 22.6 Å². The van der Waals surface area contributed by atoms with E-state index in [9.17, 15) is 18.0 Å². The molecule has 0 bridgehead atoms. The first-order valence-electron chi connectivity index (χ1n) is 9.68. The van der Waals surface area contributed by atoms with Crippen LogP contribution in [-0.4, -0.2) is 20.9 Å². The van der Waals surface area contributed by atoms with Gasteiger partial charge in [-0.3, -0.25) is 9.78 Å². The summed E-state index contributed by atoms with van der Waals surface area (Å²) in [4.78, 5) is 24.0. The molecule has 0 unspecified atom stereocenters. The van der Waals surface area contributed by atoms with Crippen molar-refractivity contribution in [3.63, 3.8) is 0 Å². The number of nitrogens with one attached hydrogen (secondary N) is 1. The molecule has 0 aliphatic carbocycles. The third-order valence-electron chi connectivity index (χ3n) is 4.92. The minimum Gasteiger partial charge on any atom is -0.366 e. The molecular formula is C23H18F3N5O. The first-order valence-corrected chi connectivity index (χ1v) is 9.68. The number of benzene rings is 2. The van der Waals surface area contributed by atoms with Crippen LogP contribution in [0.4, 0.5) is 19.0 Å². The summed E-state index contributed by atoms with van der Waals surface area (Å²) in [7, 11) is 0. The maximum absolute atomic E-state index is 12.7. The van der Waals surface area contributed by atoms with Gasteiger partial charge in [0, 0.05) is 30.2 Å². The highest BCUT2D eigenvalue weighted by atomic mass is 19.4. The lowest BCUT2D eigenvalue weighted by molar-refractivity contribution is -0.137. The second kappa shape index (κ2) is 8.62. The Bertz CT molecular complexity index is 1270. The SMILES string of the molecule is NC(=O)c1cccc2c(NCc3cccc(Cc4ccc(C(F)(F)F)cn4)c3)ncnc12. The molecule has 162 valence electrons. The third-order valence-corrected chi connectivity index (χ3v) is 4.92. The average molecular weight is 437 g/mol. The summed E-state index contributed by atoms with van der Waals surface area (Å²) in [5.74, 6) is -0.00210. The van der Waals surface area contributed by atoms with Crippen LogP contribution in [-0.2, 0) is 19.1 Å². The van der Waals surface area contributed by atoms with Crippen molar-refractivity contribution < 1.29 is 18.0 Å². The maximum Gasteiger partial charge on any atom is 0.417 e. The third kappa shape index (κ3) is 4.66. The van der Waals surface area contributed by atoms with Crippen LogP contribution in [0.25, 0.3) is 10.9 Å². The molecule has 0 fully saturated rings. The van der Waals surface area contributed by atoms with Crippen molar-refractivity contribution in [1.82, 2.24) is 15.0 Å². The van der Waals surface area contributed by atoms with E-state index >= 15 is 0 Å². The fourth-order valence-electron chi connectivity index (χ4n) is 3.37. The van der Waals surface area contributed by atoms with E-state index in [0.29, 0.717) is 40.9 Å². The van der Waals surface area contributed by atoms with Crippen molar-refractivity contribution in [3.8, 4) is 0 Å². The van der Waals surface area contributed by atoms with Gasteiger partial charge in [-0.25, -0.2) is 9.97 Å². The van der Waals surface area contributed by atoms with Crippen molar-refractivity contribution in [3.05, 3.63) is 95.1 Å². The van der Waals surface area contributed by atoms with E-state index in [-0.39, 0.29) is 0 Å². The van der Waals surface area contributed by atoms with Crippen LogP contribution in [0, 0.1) is 0 Å². The molecule has 3 N–H and O–H groups in total. The Hall–Kier alpha value is -4.01. The molecule has 0 atom stereocenters. The highest BCUT2D eigenvalue weighted by molar-refractivity contribution is 6.06. The number of pyridine rings is 1. The fraction of sp³-hybridized carbons (Fsp3) is 0.130. The number of nitrogens with two attached hydrogens (primary N) is 1. The van der Waals surface area contributed by atoms with E-state index in [0.717, 1.165) is 23.4 Å². The average Bonchev–Trinajstić information content (AvgIpc) is 2.77. The van der Waals surface area contributed by atoms with E-state index in [2.05, 4.69) is 20.3 Å². The fourth-order valence-corrected chi connectivity index (χ4v) is 3.37. The molecule has 2 aromatic carbocycles. The molecule has 0 aliphatic rings. The van der Waals surface area contributed by atoms with Crippen LogP contribution in [0.3, 0.4) is 0 Å². The van der Waals surface area contributed by atoms with Gasteiger partial charge in [-0.15, -0.1) is 0 Å². The summed E-state index contributed by atoms with van der Waals surface area (Å²) >= 11 is 0. The Morgan fingerprint density at radius 1 is 0.969 bits per heavy atom. The van der Waals surface area contributed by atoms with Crippen molar-refractivity contribution in [2.24, 2.45) is 5.73 Å². The van der Waals surface area contributed by atoms with Crippen LogP contribution in [0.5, 0.6) is 0 Å². The van der Waals surface area contributed by atoms with Gasteiger partial charge >= 0.3 is 6.18 Å². The van der Waals surface area contributed by atoms with Crippen LogP contribution in [0.2, 0.25) is 0 Å². The highest BCUT2D eigenvalue weighted by Crippen LogP contribution is 2.28. The number of para-hydroxylation sites is 1. The minimum atomic E-state index is -4.40. The highest BCUT2D eigenvalue weighted by Gasteiger charge is 2.30. The number of rotatable bonds is 6. The van der Waals surface area contributed by atoms with Gasteiger partial charge in [-0.1, -0.05) is 30.3 Å². The number of nitrogens with zero attached hydrogens (tertiary/aromatic N) is 3. The number of hydrogen-bond donors (Lipinski definition) is 2. The molecule has 4 rings (SSSR count).